The number of benzene rings is 2. The van der Waals surface area contributed by atoms with Gasteiger partial charge in [-0.2, -0.15) is 0 Å². The van der Waals surface area contributed by atoms with Gasteiger partial charge in [0.2, 0.25) is 0 Å². The number of carboxylic acid groups (broad SMARTS) is 1. The average Bonchev–Trinajstić information content (AvgIpc) is 2.30. The molecule has 0 atom stereocenters. The van der Waals surface area contributed by atoms with Gasteiger partial charge in [0.05, 0.1) is 6.42 Å². The summed E-state index contributed by atoms with van der Waals surface area (Å²) >= 11 is 0. The Morgan fingerprint density at radius 3 is 2.56 bits per heavy atom. The third-order valence-corrected chi connectivity index (χ3v) is 2.33. The molecule has 2 nitrogen and oxygen atoms in total. The van der Waals surface area contributed by atoms with Crippen LogP contribution in [0.4, 0.5) is 0 Å². The highest BCUT2D eigenvalue weighted by Gasteiger charge is 2.02. The number of aliphatic carboxylic acids is 1. The van der Waals surface area contributed by atoms with E-state index >= 15 is 0 Å². The first-order valence-corrected chi connectivity index (χ1v) is 5.03. The molecule has 0 fully saturated rings. The zero-order chi connectivity index (χ0) is 11.4. The topological polar surface area (TPSA) is 37.3 Å². The van der Waals surface area contributed by atoms with E-state index < -0.39 is 5.97 Å². The van der Waals surface area contributed by atoms with Crippen molar-refractivity contribution in [3.8, 4) is 11.1 Å². The Bertz CT molecular complexity index is 489. The maximum absolute atomic E-state index is 10.6. The zero-order valence-corrected chi connectivity index (χ0v) is 8.68. The summed E-state index contributed by atoms with van der Waals surface area (Å²) < 4.78 is 0. The van der Waals surface area contributed by atoms with Gasteiger partial charge in [0.1, 0.15) is 0 Å². The predicted octanol–water partition coefficient (Wildman–Crippen LogP) is 2.78. The standard InChI is InChI=1S/C14H11O2/c15-14(16)10-11-5-4-8-13(9-11)12-6-2-1-3-7-12/h2-9H,10H2,(H,15,16). The lowest BCUT2D eigenvalue weighted by molar-refractivity contribution is -0.136. The largest absolute Gasteiger partial charge is 0.481 e. The molecule has 1 N–H and O–H groups in total. The van der Waals surface area contributed by atoms with E-state index in [1.807, 2.05) is 48.5 Å². The first kappa shape index (κ1) is 10.4. The van der Waals surface area contributed by atoms with Crippen molar-refractivity contribution in [1.29, 1.82) is 0 Å². The van der Waals surface area contributed by atoms with Crippen LogP contribution < -0.4 is 0 Å². The van der Waals surface area contributed by atoms with Crippen molar-refractivity contribution >= 4 is 5.97 Å². The second kappa shape index (κ2) is 4.62. The SMILES string of the molecule is O=C(O)Cc1cccc(-c2cc[c]cc2)c1. The van der Waals surface area contributed by atoms with E-state index in [0.29, 0.717) is 0 Å². The molecule has 1 radical (unpaired) electrons. The molecule has 0 aliphatic carbocycles. The maximum Gasteiger partial charge on any atom is 0.307 e. The number of rotatable bonds is 3. The summed E-state index contributed by atoms with van der Waals surface area (Å²) in [5, 5.41) is 8.72. The monoisotopic (exact) mass is 211 g/mol. The molecular formula is C14H11O2. The average molecular weight is 211 g/mol. The van der Waals surface area contributed by atoms with Gasteiger partial charge in [-0.05, 0) is 22.8 Å². The highest BCUT2D eigenvalue weighted by atomic mass is 16.4. The molecular weight excluding hydrogens is 200 g/mol. The molecule has 0 heterocycles. The lowest BCUT2D eigenvalue weighted by Crippen LogP contribution is -1.99. The highest BCUT2D eigenvalue weighted by molar-refractivity contribution is 5.72. The van der Waals surface area contributed by atoms with Crippen molar-refractivity contribution in [3.05, 3.63) is 60.2 Å². The Hall–Kier alpha value is -2.09. The maximum atomic E-state index is 10.6. The third-order valence-electron chi connectivity index (χ3n) is 2.33. The van der Waals surface area contributed by atoms with Crippen molar-refractivity contribution in [3.63, 3.8) is 0 Å². The van der Waals surface area contributed by atoms with E-state index in [4.69, 9.17) is 5.11 Å². The van der Waals surface area contributed by atoms with Gasteiger partial charge in [-0.25, -0.2) is 0 Å². The fourth-order valence-corrected chi connectivity index (χ4v) is 1.61. The van der Waals surface area contributed by atoms with Crippen LogP contribution in [0.2, 0.25) is 0 Å². The normalized spacial score (nSPS) is 10.0. The van der Waals surface area contributed by atoms with E-state index in [1.54, 1.807) is 0 Å². The summed E-state index contributed by atoms with van der Waals surface area (Å²) in [6, 6.07) is 18.1. The molecule has 0 unspecified atom stereocenters. The lowest BCUT2D eigenvalue weighted by atomic mass is 10.0. The van der Waals surface area contributed by atoms with Crippen LogP contribution >= 0.6 is 0 Å². The summed E-state index contributed by atoms with van der Waals surface area (Å²) in [6.07, 6.45) is 0.0623. The summed E-state index contributed by atoms with van der Waals surface area (Å²) in [7, 11) is 0. The number of carbonyl (C=O) groups is 1. The molecule has 2 aromatic rings. The minimum absolute atomic E-state index is 0.0623. The number of carboxylic acids is 1. The van der Waals surface area contributed by atoms with Gasteiger partial charge in [-0.3, -0.25) is 4.79 Å². The van der Waals surface area contributed by atoms with Crippen LogP contribution in [-0.2, 0) is 11.2 Å². The van der Waals surface area contributed by atoms with E-state index in [1.165, 1.54) is 0 Å². The minimum atomic E-state index is -0.807. The van der Waals surface area contributed by atoms with Gasteiger partial charge in [-0.15, -0.1) is 0 Å². The summed E-state index contributed by atoms with van der Waals surface area (Å²) in [6.45, 7) is 0. The van der Waals surface area contributed by atoms with E-state index in [2.05, 4.69) is 6.07 Å². The van der Waals surface area contributed by atoms with Crippen LogP contribution in [0.1, 0.15) is 5.56 Å². The van der Waals surface area contributed by atoms with Crippen molar-refractivity contribution in [2.75, 3.05) is 0 Å². The molecule has 0 saturated heterocycles. The lowest BCUT2D eigenvalue weighted by Gasteiger charge is -2.03. The van der Waals surface area contributed by atoms with Crippen LogP contribution in [0.5, 0.6) is 0 Å². The molecule has 79 valence electrons. The Balaban J connectivity index is 2.33. The highest BCUT2D eigenvalue weighted by Crippen LogP contribution is 2.19. The Morgan fingerprint density at radius 2 is 1.88 bits per heavy atom. The van der Waals surface area contributed by atoms with Gasteiger partial charge >= 0.3 is 5.97 Å². The fraction of sp³-hybridized carbons (Fsp3) is 0.0714. The van der Waals surface area contributed by atoms with Crippen LogP contribution in [0.25, 0.3) is 11.1 Å². The molecule has 2 rings (SSSR count). The molecule has 16 heavy (non-hydrogen) atoms. The van der Waals surface area contributed by atoms with Crippen LogP contribution in [0.3, 0.4) is 0 Å². The second-order valence-electron chi connectivity index (χ2n) is 3.56. The van der Waals surface area contributed by atoms with Gasteiger partial charge in [-0.1, -0.05) is 48.5 Å². The van der Waals surface area contributed by atoms with E-state index in [-0.39, 0.29) is 6.42 Å². The first-order chi connectivity index (χ1) is 7.75. The summed E-state index contributed by atoms with van der Waals surface area (Å²) in [5.41, 5.74) is 2.93. The van der Waals surface area contributed by atoms with Crippen molar-refractivity contribution in [2.24, 2.45) is 0 Å². The van der Waals surface area contributed by atoms with Gasteiger partial charge < -0.3 is 5.11 Å². The molecule has 2 heteroatoms. The predicted molar refractivity (Wildman–Crippen MR) is 62.1 cm³/mol. The Kier molecular flexibility index (Phi) is 3.01. The Morgan fingerprint density at radius 1 is 1.12 bits per heavy atom. The van der Waals surface area contributed by atoms with Crippen molar-refractivity contribution < 1.29 is 9.90 Å². The smallest absolute Gasteiger partial charge is 0.307 e. The van der Waals surface area contributed by atoms with Crippen LogP contribution in [0.15, 0.2) is 48.5 Å². The number of hydrogen-bond acceptors (Lipinski definition) is 1. The van der Waals surface area contributed by atoms with Crippen molar-refractivity contribution in [1.82, 2.24) is 0 Å². The summed E-state index contributed by atoms with van der Waals surface area (Å²) in [5.74, 6) is -0.807. The first-order valence-electron chi connectivity index (χ1n) is 5.03. The number of hydrogen-bond donors (Lipinski definition) is 1. The fourth-order valence-electron chi connectivity index (χ4n) is 1.61. The van der Waals surface area contributed by atoms with E-state index in [9.17, 15) is 4.79 Å². The molecule has 0 aliphatic heterocycles. The molecule has 0 aromatic heterocycles. The van der Waals surface area contributed by atoms with Gasteiger partial charge in [0, 0.05) is 0 Å². The molecule has 0 bridgehead atoms. The molecule has 0 spiro atoms. The van der Waals surface area contributed by atoms with Crippen molar-refractivity contribution in [2.45, 2.75) is 6.42 Å². The molecule has 0 amide bonds. The second-order valence-corrected chi connectivity index (χ2v) is 3.56. The van der Waals surface area contributed by atoms with E-state index in [0.717, 1.165) is 16.7 Å². The van der Waals surface area contributed by atoms with Gasteiger partial charge in [0.15, 0.2) is 0 Å². The summed E-state index contributed by atoms with van der Waals surface area (Å²) in [4.78, 5) is 10.6. The van der Waals surface area contributed by atoms with Gasteiger partial charge in [0.25, 0.3) is 0 Å². The molecule has 2 aromatic carbocycles. The minimum Gasteiger partial charge on any atom is -0.481 e. The quantitative estimate of drug-likeness (QED) is 0.847. The zero-order valence-electron chi connectivity index (χ0n) is 8.68. The van der Waals surface area contributed by atoms with Crippen LogP contribution in [0, 0.1) is 6.07 Å². The molecule has 0 aliphatic rings. The van der Waals surface area contributed by atoms with Crippen LogP contribution in [-0.4, -0.2) is 11.1 Å². The third kappa shape index (κ3) is 2.48. The Labute approximate surface area is 94.2 Å². The molecule has 0 saturated carbocycles.